The number of halogens is 1. The molecule has 41 heavy (non-hydrogen) atoms. The van der Waals surface area contributed by atoms with Crippen molar-refractivity contribution in [3.8, 4) is 23.0 Å². The van der Waals surface area contributed by atoms with Crippen molar-refractivity contribution in [3.05, 3.63) is 47.5 Å². The molecule has 1 amide bonds. The largest absolute Gasteiger partial charge is 0.490 e. The second-order valence-corrected chi connectivity index (χ2v) is 15.7. The summed E-state index contributed by atoms with van der Waals surface area (Å²) in [5, 5.41) is 0. The fourth-order valence-electron chi connectivity index (χ4n) is 3.85. The molecule has 0 saturated carbocycles. The van der Waals surface area contributed by atoms with Crippen LogP contribution in [-0.2, 0) is 30.4 Å². The quantitative estimate of drug-likeness (QED) is 0.284. The summed E-state index contributed by atoms with van der Waals surface area (Å²) < 4.78 is 55.4. The number of amides is 1. The Hall–Kier alpha value is -2.25. The van der Waals surface area contributed by atoms with E-state index in [4.69, 9.17) is 23.7 Å². The van der Waals surface area contributed by atoms with E-state index in [0.29, 0.717) is 45.2 Å². The monoisotopic (exact) mass is 703 g/mol. The van der Waals surface area contributed by atoms with Crippen LogP contribution in [0.25, 0.3) is 0 Å². The van der Waals surface area contributed by atoms with Crippen LogP contribution in [-0.4, -0.2) is 61.7 Å². The Morgan fingerprint density at radius 3 is 1.73 bits per heavy atom. The third-order valence-corrected chi connectivity index (χ3v) is 10.3. The smallest absolute Gasteiger partial charge is 0.271 e. The van der Waals surface area contributed by atoms with Gasteiger partial charge in [0.05, 0.1) is 41.8 Å². The van der Waals surface area contributed by atoms with E-state index in [1.165, 1.54) is 29.8 Å². The molecule has 1 aliphatic heterocycles. The summed E-state index contributed by atoms with van der Waals surface area (Å²) in [6, 6.07) is 11.7. The summed E-state index contributed by atoms with van der Waals surface area (Å²) in [6.45, 7) is 14.7. The Morgan fingerprint density at radius 2 is 1.32 bits per heavy atom. The number of hydrogen-bond donors (Lipinski definition) is 0. The predicted octanol–water partition coefficient (Wildman–Crippen LogP) is 5.81. The number of carbonyl (C=O) groups is 1. The second-order valence-electron chi connectivity index (χ2n) is 11.9. The Kier molecular flexibility index (Phi) is 11.2. The van der Waals surface area contributed by atoms with Gasteiger partial charge in [-0.3, -0.25) is 4.79 Å². The van der Waals surface area contributed by atoms with Crippen LogP contribution in [0.5, 0.6) is 23.0 Å². The SMILES string of the molecule is CCS(=O)(=O)N(I)C(=O)COC1COc2ccc(C(C)(C)C)cc2OCCCOc2cc(C(C)(C)C)ccc2OC1. The molecule has 0 bridgehead atoms. The number of carbonyl (C=O) groups excluding carboxylic acids is 1. The average molecular weight is 704 g/mol. The zero-order chi connectivity index (χ0) is 30.4. The Balaban J connectivity index is 1.88. The van der Waals surface area contributed by atoms with Crippen molar-refractivity contribution in [2.24, 2.45) is 0 Å². The van der Waals surface area contributed by atoms with Crippen LogP contribution in [0.1, 0.15) is 66.0 Å². The highest BCUT2D eigenvalue weighted by Gasteiger charge is 2.26. The fraction of sp³-hybridized carbons (Fsp3) is 0.567. The lowest BCUT2D eigenvalue weighted by atomic mass is 9.87. The molecule has 0 saturated heterocycles. The minimum Gasteiger partial charge on any atom is -0.490 e. The van der Waals surface area contributed by atoms with Crippen molar-refractivity contribution in [1.82, 2.24) is 2.52 Å². The van der Waals surface area contributed by atoms with Crippen LogP contribution in [0, 0.1) is 0 Å². The molecule has 228 valence electrons. The van der Waals surface area contributed by atoms with Crippen LogP contribution >= 0.6 is 22.9 Å². The van der Waals surface area contributed by atoms with E-state index in [-0.39, 0.29) is 29.8 Å². The van der Waals surface area contributed by atoms with Gasteiger partial charge < -0.3 is 23.7 Å². The first-order valence-corrected chi connectivity index (χ1v) is 16.3. The van der Waals surface area contributed by atoms with Gasteiger partial charge in [0.15, 0.2) is 23.0 Å². The van der Waals surface area contributed by atoms with Gasteiger partial charge in [0.2, 0.25) is 10.0 Å². The lowest BCUT2D eigenvalue weighted by Gasteiger charge is -2.25. The molecule has 0 atom stereocenters. The van der Waals surface area contributed by atoms with Gasteiger partial charge in [0, 0.05) is 6.42 Å². The summed E-state index contributed by atoms with van der Waals surface area (Å²) in [5.41, 5.74) is 2.03. The summed E-state index contributed by atoms with van der Waals surface area (Å²) in [7, 11) is -3.71. The van der Waals surface area contributed by atoms with E-state index < -0.39 is 28.6 Å². The standard InChI is InChI=1S/C30H42INO8S/c1-8-41(34,35)32(31)28(33)20-38-23-18-39-24-12-10-21(29(2,3)4)16-26(24)36-14-9-15-37-27-17-22(30(5,6)7)11-13-25(27)40-19-23/h10-13,16-17,23H,8-9,14-15,18-20H2,1-7H3. The minimum absolute atomic E-state index is 0.0382. The maximum Gasteiger partial charge on any atom is 0.271 e. The van der Waals surface area contributed by atoms with E-state index in [1.54, 1.807) is 0 Å². The molecule has 0 fully saturated rings. The van der Waals surface area contributed by atoms with E-state index in [9.17, 15) is 13.2 Å². The Morgan fingerprint density at radius 1 is 0.854 bits per heavy atom. The number of ether oxygens (including phenoxy) is 5. The van der Waals surface area contributed by atoms with Crippen molar-refractivity contribution >= 4 is 38.8 Å². The number of sulfonamides is 1. The number of rotatable bonds is 5. The molecule has 2 aromatic carbocycles. The lowest BCUT2D eigenvalue weighted by Crippen LogP contribution is -2.36. The van der Waals surface area contributed by atoms with Gasteiger partial charge in [-0.2, -0.15) is 2.52 Å². The van der Waals surface area contributed by atoms with E-state index in [0.717, 1.165) is 11.1 Å². The van der Waals surface area contributed by atoms with Crippen LogP contribution in [0.15, 0.2) is 36.4 Å². The molecule has 0 N–H and O–H groups in total. The molecule has 3 rings (SSSR count). The van der Waals surface area contributed by atoms with Crippen molar-refractivity contribution in [1.29, 1.82) is 0 Å². The highest BCUT2D eigenvalue weighted by Crippen LogP contribution is 2.36. The zero-order valence-corrected chi connectivity index (χ0v) is 28.0. The molecule has 2 aromatic rings. The number of nitrogens with zero attached hydrogens (tertiary/aromatic N) is 1. The molecule has 0 aromatic heterocycles. The van der Waals surface area contributed by atoms with Gasteiger partial charge in [0.25, 0.3) is 5.91 Å². The first-order valence-electron chi connectivity index (χ1n) is 13.8. The topological polar surface area (TPSA) is 101 Å². The maximum atomic E-state index is 12.6. The molecule has 1 heterocycles. The fourth-order valence-corrected chi connectivity index (χ4v) is 5.42. The molecule has 1 aliphatic rings. The molecule has 0 aliphatic carbocycles. The summed E-state index contributed by atoms with van der Waals surface area (Å²) in [6.07, 6.45) is -0.0547. The lowest BCUT2D eigenvalue weighted by molar-refractivity contribution is -0.130. The second kappa shape index (κ2) is 13.8. The van der Waals surface area contributed by atoms with Crippen molar-refractivity contribution in [2.75, 3.05) is 38.8 Å². The highest BCUT2D eigenvalue weighted by molar-refractivity contribution is 14.1. The third kappa shape index (κ3) is 9.37. The molecule has 0 spiro atoms. The summed E-state index contributed by atoms with van der Waals surface area (Å²) in [5.74, 6) is 1.40. The number of hydrogen-bond acceptors (Lipinski definition) is 8. The van der Waals surface area contributed by atoms with Gasteiger partial charge in [0.1, 0.15) is 25.9 Å². The third-order valence-electron chi connectivity index (χ3n) is 6.52. The van der Waals surface area contributed by atoms with E-state index >= 15 is 0 Å². The molecule has 9 nitrogen and oxygen atoms in total. The first kappa shape index (κ1) is 33.3. The predicted molar refractivity (Wildman–Crippen MR) is 167 cm³/mol. The molecular formula is C30H42INO8S. The van der Waals surface area contributed by atoms with Crippen LogP contribution in [0.2, 0.25) is 0 Å². The van der Waals surface area contributed by atoms with Crippen LogP contribution in [0.4, 0.5) is 0 Å². The molecule has 0 radical (unpaired) electrons. The van der Waals surface area contributed by atoms with Gasteiger partial charge in [-0.15, -0.1) is 0 Å². The first-order chi connectivity index (χ1) is 19.1. The van der Waals surface area contributed by atoms with Crippen LogP contribution in [0.3, 0.4) is 0 Å². The van der Waals surface area contributed by atoms with Crippen molar-refractivity contribution in [3.63, 3.8) is 0 Å². The van der Waals surface area contributed by atoms with Gasteiger partial charge in [-0.05, 0) is 53.1 Å². The maximum absolute atomic E-state index is 12.6. The molecular weight excluding hydrogens is 661 g/mol. The molecule has 11 heteroatoms. The van der Waals surface area contributed by atoms with Crippen molar-refractivity contribution in [2.45, 2.75) is 71.8 Å². The summed E-state index contributed by atoms with van der Waals surface area (Å²) >= 11 is 1.49. The van der Waals surface area contributed by atoms with Crippen LogP contribution < -0.4 is 18.9 Å². The number of fused-ring (bicyclic) bond motifs is 2. The Labute approximate surface area is 258 Å². The van der Waals surface area contributed by atoms with Crippen molar-refractivity contribution < 1.29 is 36.9 Å². The normalized spacial score (nSPS) is 15.6. The van der Waals surface area contributed by atoms with Gasteiger partial charge >= 0.3 is 0 Å². The van der Waals surface area contributed by atoms with Gasteiger partial charge in [-0.25, -0.2) is 8.42 Å². The van der Waals surface area contributed by atoms with E-state index in [1.807, 2.05) is 36.4 Å². The zero-order valence-electron chi connectivity index (χ0n) is 25.0. The van der Waals surface area contributed by atoms with E-state index in [2.05, 4.69) is 41.5 Å². The molecule has 0 unspecified atom stereocenters. The highest BCUT2D eigenvalue weighted by atomic mass is 127. The average Bonchev–Trinajstić information content (AvgIpc) is 2.91. The summed E-state index contributed by atoms with van der Waals surface area (Å²) in [4.78, 5) is 12.6. The van der Waals surface area contributed by atoms with Gasteiger partial charge in [-0.1, -0.05) is 53.7 Å². The number of benzene rings is 2. The minimum atomic E-state index is -3.71. The Bertz CT molecular complexity index is 1230.